The fourth-order valence-corrected chi connectivity index (χ4v) is 2.26. The first-order valence-electron chi connectivity index (χ1n) is 4.33. The number of rotatable bonds is 5. The van der Waals surface area contributed by atoms with Gasteiger partial charge in [0.1, 0.15) is 0 Å². The normalized spacial score (nSPS) is 14.1. The van der Waals surface area contributed by atoms with Crippen LogP contribution < -0.4 is 4.72 Å². The minimum Gasteiger partial charge on any atom is -0.212 e. The molecule has 13 heavy (non-hydrogen) atoms. The summed E-state index contributed by atoms with van der Waals surface area (Å²) in [6.07, 6.45) is 5.72. The molecular weight excluding hydrogens is 186 g/mol. The van der Waals surface area contributed by atoms with Gasteiger partial charge in [0, 0.05) is 0 Å². The summed E-state index contributed by atoms with van der Waals surface area (Å²) in [4.78, 5) is 0. The van der Waals surface area contributed by atoms with Gasteiger partial charge in [0.25, 0.3) is 0 Å². The summed E-state index contributed by atoms with van der Waals surface area (Å²) in [6.45, 7) is 5.62. The molecule has 0 fully saturated rings. The molecule has 0 aromatic carbocycles. The Morgan fingerprint density at radius 2 is 1.92 bits per heavy atom. The van der Waals surface area contributed by atoms with Crippen LogP contribution in [0.5, 0.6) is 0 Å². The molecule has 0 amide bonds. The maximum atomic E-state index is 11.3. The minimum atomic E-state index is -3.18. The Morgan fingerprint density at radius 1 is 1.38 bits per heavy atom. The Kier molecular flexibility index (Phi) is 5.04. The van der Waals surface area contributed by atoms with Gasteiger partial charge >= 0.3 is 0 Å². The predicted molar refractivity (Wildman–Crippen MR) is 54.7 cm³/mol. The lowest BCUT2D eigenvalue weighted by molar-refractivity contribution is 0.558. The third kappa shape index (κ3) is 6.62. The number of terminal acetylenes is 1. The molecule has 1 unspecified atom stereocenters. The molecule has 4 heteroatoms. The molecule has 0 radical (unpaired) electrons. The molecule has 0 bridgehead atoms. The van der Waals surface area contributed by atoms with Crippen LogP contribution in [0.3, 0.4) is 0 Å². The molecule has 0 saturated heterocycles. The van der Waals surface area contributed by atoms with Gasteiger partial charge in [0.15, 0.2) is 0 Å². The summed E-state index contributed by atoms with van der Waals surface area (Å²) in [7, 11) is -3.18. The highest BCUT2D eigenvalue weighted by atomic mass is 32.2. The van der Waals surface area contributed by atoms with Crippen molar-refractivity contribution >= 4 is 10.0 Å². The fraction of sp³-hybridized carbons (Fsp3) is 0.778. The second-order valence-electron chi connectivity index (χ2n) is 3.51. The lowest BCUT2D eigenvalue weighted by atomic mass is 10.2. The number of sulfonamides is 1. The summed E-state index contributed by atoms with van der Waals surface area (Å²) in [5, 5.41) is 0. The van der Waals surface area contributed by atoms with Gasteiger partial charge in [-0.25, -0.2) is 13.1 Å². The molecule has 0 rings (SSSR count). The van der Waals surface area contributed by atoms with Gasteiger partial charge in [-0.15, -0.1) is 6.42 Å². The van der Waals surface area contributed by atoms with Crippen LogP contribution in [0.25, 0.3) is 0 Å². The van der Waals surface area contributed by atoms with Crippen LogP contribution in [0.4, 0.5) is 0 Å². The van der Waals surface area contributed by atoms with Gasteiger partial charge in [0.2, 0.25) is 10.0 Å². The van der Waals surface area contributed by atoms with Crippen molar-refractivity contribution in [2.45, 2.75) is 33.2 Å². The van der Waals surface area contributed by atoms with Crippen molar-refractivity contribution in [3.05, 3.63) is 0 Å². The Labute approximate surface area is 81.0 Å². The lowest BCUT2D eigenvalue weighted by Crippen LogP contribution is -2.33. The van der Waals surface area contributed by atoms with Crippen molar-refractivity contribution in [3.8, 4) is 12.3 Å². The highest BCUT2D eigenvalue weighted by molar-refractivity contribution is 7.89. The van der Waals surface area contributed by atoms with Crippen molar-refractivity contribution < 1.29 is 8.42 Å². The van der Waals surface area contributed by atoms with E-state index in [1.54, 1.807) is 6.92 Å². The predicted octanol–water partition coefficient (Wildman–Crippen LogP) is 0.974. The van der Waals surface area contributed by atoms with Gasteiger partial charge in [-0.3, -0.25) is 0 Å². The Balaban J connectivity index is 4.04. The van der Waals surface area contributed by atoms with Crippen LogP contribution >= 0.6 is 0 Å². The monoisotopic (exact) mass is 203 g/mol. The van der Waals surface area contributed by atoms with E-state index in [0.717, 1.165) is 0 Å². The molecule has 0 aliphatic carbocycles. The average Bonchev–Trinajstić information content (AvgIpc) is 2.00. The first-order chi connectivity index (χ1) is 5.87. The average molecular weight is 203 g/mol. The van der Waals surface area contributed by atoms with E-state index in [1.807, 2.05) is 13.8 Å². The topological polar surface area (TPSA) is 46.2 Å². The van der Waals surface area contributed by atoms with E-state index in [1.165, 1.54) is 0 Å². The number of nitrogens with one attached hydrogen (secondary N) is 1. The Morgan fingerprint density at radius 3 is 2.31 bits per heavy atom. The van der Waals surface area contributed by atoms with Gasteiger partial charge in [-0.1, -0.05) is 19.8 Å². The van der Waals surface area contributed by atoms with E-state index in [9.17, 15) is 8.42 Å². The van der Waals surface area contributed by atoms with E-state index in [2.05, 4.69) is 10.6 Å². The van der Waals surface area contributed by atoms with Gasteiger partial charge < -0.3 is 0 Å². The summed E-state index contributed by atoms with van der Waals surface area (Å²) in [5.41, 5.74) is 0. The second-order valence-corrected chi connectivity index (χ2v) is 5.38. The van der Waals surface area contributed by atoms with Crippen LogP contribution in [0.15, 0.2) is 0 Å². The van der Waals surface area contributed by atoms with Crippen molar-refractivity contribution in [2.24, 2.45) is 5.92 Å². The van der Waals surface area contributed by atoms with Crippen LogP contribution in [0.2, 0.25) is 0 Å². The molecule has 0 aromatic rings. The molecular formula is C9H17NO2S. The minimum absolute atomic E-state index is 0.149. The lowest BCUT2D eigenvalue weighted by Gasteiger charge is -2.09. The Hall–Kier alpha value is -0.530. The molecule has 3 nitrogen and oxygen atoms in total. The van der Waals surface area contributed by atoms with Crippen LogP contribution in [0, 0.1) is 18.3 Å². The number of hydrogen-bond acceptors (Lipinski definition) is 2. The molecule has 0 aromatic heterocycles. The first kappa shape index (κ1) is 12.5. The van der Waals surface area contributed by atoms with Crippen molar-refractivity contribution in [3.63, 3.8) is 0 Å². The summed E-state index contributed by atoms with van der Waals surface area (Å²) in [5.74, 6) is 2.85. The first-order valence-corrected chi connectivity index (χ1v) is 5.98. The smallest absolute Gasteiger partial charge is 0.212 e. The molecule has 76 valence electrons. The standard InChI is InChI=1S/C9H17NO2S/c1-5-9(4)10-13(11,12)7-6-8(2)3/h1,8-10H,6-7H2,2-4H3. The number of hydrogen-bond donors (Lipinski definition) is 1. The largest absolute Gasteiger partial charge is 0.212 e. The van der Waals surface area contributed by atoms with E-state index in [4.69, 9.17) is 6.42 Å². The molecule has 1 N–H and O–H groups in total. The van der Waals surface area contributed by atoms with Crippen molar-refractivity contribution in [1.29, 1.82) is 0 Å². The zero-order valence-corrected chi connectivity index (χ0v) is 9.19. The second kappa shape index (κ2) is 5.25. The van der Waals surface area contributed by atoms with Gasteiger partial charge in [-0.05, 0) is 19.3 Å². The highest BCUT2D eigenvalue weighted by Gasteiger charge is 2.12. The third-order valence-electron chi connectivity index (χ3n) is 1.57. The molecule has 0 heterocycles. The molecule has 0 aliphatic heterocycles. The molecule has 1 atom stereocenters. The van der Waals surface area contributed by atoms with E-state index in [0.29, 0.717) is 12.3 Å². The van der Waals surface area contributed by atoms with Gasteiger partial charge in [-0.2, -0.15) is 0 Å². The SMILES string of the molecule is C#CC(C)NS(=O)(=O)CCC(C)C. The zero-order valence-electron chi connectivity index (χ0n) is 8.37. The van der Waals surface area contributed by atoms with Crippen molar-refractivity contribution in [2.75, 3.05) is 5.75 Å². The van der Waals surface area contributed by atoms with E-state index >= 15 is 0 Å². The highest BCUT2D eigenvalue weighted by Crippen LogP contribution is 2.02. The van der Waals surface area contributed by atoms with E-state index in [-0.39, 0.29) is 5.75 Å². The van der Waals surface area contributed by atoms with Gasteiger partial charge in [0.05, 0.1) is 11.8 Å². The summed E-state index contributed by atoms with van der Waals surface area (Å²) < 4.78 is 25.0. The molecule has 0 aliphatic rings. The third-order valence-corrected chi connectivity index (χ3v) is 3.06. The zero-order chi connectivity index (χ0) is 10.5. The molecule has 0 spiro atoms. The van der Waals surface area contributed by atoms with Crippen LogP contribution in [-0.4, -0.2) is 20.2 Å². The fourth-order valence-electron chi connectivity index (χ4n) is 0.753. The maximum absolute atomic E-state index is 11.3. The van der Waals surface area contributed by atoms with E-state index < -0.39 is 16.1 Å². The quantitative estimate of drug-likeness (QED) is 0.677. The van der Waals surface area contributed by atoms with Crippen LogP contribution in [-0.2, 0) is 10.0 Å². The summed E-state index contributed by atoms with van der Waals surface area (Å²) >= 11 is 0. The van der Waals surface area contributed by atoms with Crippen molar-refractivity contribution in [1.82, 2.24) is 4.72 Å². The maximum Gasteiger partial charge on any atom is 0.212 e. The summed E-state index contributed by atoms with van der Waals surface area (Å²) in [6, 6.07) is -0.419. The molecule has 0 saturated carbocycles. The van der Waals surface area contributed by atoms with Crippen LogP contribution in [0.1, 0.15) is 27.2 Å². The Bertz CT molecular complexity index is 274.